The fourth-order valence-electron chi connectivity index (χ4n) is 4.55. The van der Waals surface area contributed by atoms with Crippen LogP contribution in [0.4, 0.5) is 8.78 Å². The van der Waals surface area contributed by atoms with Gasteiger partial charge in [-0.15, -0.1) is 0 Å². The van der Waals surface area contributed by atoms with Gasteiger partial charge in [0.05, 0.1) is 39.9 Å². The van der Waals surface area contributed by atoms with Crippen LogP contribution in [0.3, 0.4) is 0 Å². The summed E-state index contributed by atoms with van der Waals surface area (Å²) in [4.78, 5) is 18.1. The highest BCUT2D eigenvalue weighted by Crippen LogP contribution is 2.32. The van der Waals surface area contributed by atoms with Crippen molar-refractivity contribution in [3.05, 3.63) is 82.5 Å². The second-order valence-corrected chi connectivity index (χ2v) is 11.3. The molecule has 7 nitrogen and oxygen atoms in total. The number of hydrogen-bond donors (Lipinski definition) is 1. The van der Waals surface area contributed by atoms with Gasteiger partial charge < -0.3 is 5.32 Å². The maximum atomic E-state index is 14.1. The molecule has 0 saturated carbocycles. The van der Waals surface area contributed by atoms with Gasteiger partial charge in [-0.2, -0.15) is 5.10 Å². The van der Waals surface area contributed by atoms with Crippen molar-refractivity contribution in [2.24, 2.45) is 0 Å². The van der Waals surface area contributed by atoms with Gasteiger partial charge in [-0.05, 0) is 38.5 Å². The molecule has 1 atom stereocenters. The molecule has 1 aliphatic rings. The van der Waals surface area contributed by atoms with Crippen molar-refractivity contribution in [3.8, 4) is 11.3 Å². The third-order valence-corrected chi connectivity index (χ3v) is 8.22. The molecule has 10 heteroatoms. The average molecular weight is 511 g/mol. The predicted octanol–water partition coefficient (Wildman–Crippen LogP) is 4.28. The zero-order valence-corrected chi connectivity index (χ0v) is 20.6. The summed E-state index contributed by atoms with van der Waals surface area (Å²) in [5.74, 6) is -2.02. The first-order valence-corrected chi connectivity index (χ1v) is 13.3. The minimum absolute atomic E-state index is 0.0479. The van der Waals surface area contributed by atoms with Crippen LogP contribution in [-0.2, 0) is 16.4 Å². The van der Waals surface area contributed by atoms with Crippen molar-refractivity contribution in [3.63, 3.8) is 0 Å². The van der Waals surface area contributed by atoms with Gasteiger partial charge in [-0.3, -0.25) is 4.79 Å². The van der Waals surface area contributed by atoms with E-state index in [0.717, 1.165) is 23.3 Å². The van der Waals surface area contributed by atoms with Crippen LogP contribution in [-0.4, -0.2) is 40.6 Å². The van der Waals surface area contributed by atoms with Crippen molar-refractivity contribution in [1.82, 2.24) is 20.1 Å². The van der Waals surface area contributed by atoms with E-state index < -0.39 is 33.4 Å². The maximum Gasteiger partial charge on any atom is 0.252 e. The SMILES string of the molecule is Cc1ccc(-c2cc(C(=O)NCc3c(F)cccc3F)c3c(C)nn(C4CCS(=O)(=O)C4)c3n2)cc1. The van der Waals surface area contributed by atoms with Gasteiger partial charge in [0.1, 0.15) is 11.6 Å². The van der Waals surface area contributed by atoms with Gasteiger partial charge in [0.25, 0.3) is 5.91 Å². The molecule has 186 valence electrons. The van der Waals surface area contributed by atoms with Crippen molar-refractivity contribution in [1.29, 1.82) is 0 Å². The third kappa shape index (κ3) is 4.48. The molecule has 1 amide bonds. The Kier molecular flexibility index (Phi) is 6.07. The highest BCUT2D eigenvalue weighted by atomic mass is 32.2. The number of nitrogens with zero attached hydrogens (tertiary/aromatic N) is 3. The molecule has 1 aliphatic heterocycles. The molecule has 0 bridgehead atoms. The van der Waals surface area contributed by atoms with Crippen LogP contribution in [0, 0.1) is 25.5 Å². The fourth-order valence-corrected chi connectivity index (χ4v) is 6.24. The summed E-state index contributed by atoms with van der Waals surface area (Å²) in [5, 5.41) is 7.66. The lowest BCUT2D eigenvalue weighted by molar-refractivity contribution is 0.0952. The highest BCUT2D eigenvalue weighted by molar-refractivity contribution is 7.91. The first kappa shape index (κ1) is 24.1. The minimum Gasteiger partial charge on any atom is -0.348 e. The van der Waals surface area contributed by atoms with Crippen molar-refractivity contribution < 1.29 is 22.0 Å². The lowest BCUT2D eigenvalue weighted by atomic mass is 10.0. The standard InChI is InChI=1S/C26H24F2N4O3S/c1-15-6-8-17(9-7-15)23-12-19(26(33)29-13-20-21(27)4-3-5-22(20)28)24-16(2)31-32(25(24)30-23)18-10-11-36(34,35)14-18/h3-9,12,18H,10-11,13-14H2,1-2H3,(H,29,33). The lowest BCUT2D eigenvalue weighted by Gasteiger charge is -2.13. The Balaban J connectivity index is 1.61. The topological polar surface area (TPSA) is 94.0 Å². The van der Waals surface area contributed by atoms with Gasteiger partial charge in [0, 0.05) is 17.7 Å². The summed E-state index contributed by atoms with van der Waals surface area (Å²) in [7, 11) is -3.18. The molecule has 5 rings (SSSR count). The second-order valence-electron chi connectivity index (χ2n) is 9.09. The normalized spacial score (nSPS) is 16.9. The molecule has 1 unspecified atom stereocenters. The number of nitrogens with one attached hydrogen (secondary N) is 1. The van der Waals surface area contributed by atoms with Crippen LogP contribution in [0.5, 0.6) is 0 Å². The van der Waals surface area contributed by atoms with Crippen LogP contribution < -0.4 is 5.32 Å². The molecule has 1 fully saturated rings. The summed E-state index contributed by atoms with van der Waals surface area (Å²) in [6.07, 6.45) is 0.406. The van der Waals surface area contributed by atoms with Crippen LogP contribution in [0.25, 0.3) is 22.3 Å². The van der Waals surface area contributed by atoms with Crippen molar-refractivity contribution in [2.45, 2.75) is 32.9 Å². The number of carbonyl (C=O) groups is 1. The number of aryl methyl sites for hydroxylation is 2. The number of amides is 1. The Bertz CT molecular complexity index is 1580. The monoisotopic (exact) mass is 510 g/mol. The number of halogens is 2. The number of rotatable bonds is 5. The number of carbonyl (C=O) groups excluding carboxylic acids is 1. The number of hydrogen-bond acceptors (Lipinski definition) is 5. The molecule has 4 aromatic rings. The molecule has 0 radical (unpaired) electrons. The van der Waals surface area contributed by atoms with Crippen LogP contribution >= 0.6 is 0 Å². The van der Waals surface area contributed by atoms with Gasteiger partial charge in [-0.1, -0.05) is 35.9 Å². The highest BCUT2D eigenvalue weighted by Gasteiger charge is 2.32. The molecule has 1 N–H and O–H groups in total. The zero-order chi connectivity index (χ0) is 25.6. The molecule has 0 aliphatic carbocycles. The van der Waals surface area contributed by atoms with E-state index in [1.807, 2.05) is 31.2 Å². The quantitative estimate of drug-likeness (QED) is 0.433. The van der Waals surface area contributed by atoms with E-state index in [0.29, 0.717) is 28.8 Å². The Morgan fingerprint density at radius 2 is 1.81 bits per heavy atom. The van der Waals surface area contributed by atoms with E-state index in [2.05, 4.69) is 10.4 Å². The van der Waals surface area contributed by atoms with E-state index in [1.54, 1.807) is 17.7 Å². The van der Waals surface area contributed by atoms with Crippen molar-refractivity contribution in [2.75, 3.05) is 11.5 Å². The fraction of sp³-hybridized carbons (Fsp3) is 0.269. The number of sulfone groups is 1. The Hall–Kier alpha value is -3.66. The largest absolute Gasteiger partial charge is 0.348 e. The number of aromatic nitrogens is 3. The maximum absolute atomic E-state index is 14.1. The third-order valence-electron chi connectivity index (χ3n) is 6.47. The molecule has 1 saturated heterocycles. The van der Waals surface area contributed by atoms with E-state index >= 15 is 0 Å². The molecule has 36 heavy (non-hydrogen) atoms. The first-order chi connectivity index (χ1) is 17.1. The van der Waals surface area contributed by atoms with Gasteiger partial charge >= 0.3 is 0 Å². The molecule has 2 aromatic heterocycles. The summed E-state index contributed by atoms with van der Waals surface area (Å²) >= 11 is 0. The summed E-state index contributed by atoms with van der Waals surface area (Å²) in [5.41, 5.74) is 3.25. The minimum atomic E-state index is -3.18. The lowest BCUT2D eigenvalue weighted by Crippen LogP contribution is -2.24. The number of pyridine rings is 1. The number of benzene rings is 2. The first-order valence-electron chi connectivity index (χ1n) is 11.5. The average Bonchev–Trinajstić information content (AvgIpc) is 3.37. The van der Waals surface area contributed by atoms with Gasteiger partial charge in [0.2, 0.25) is 0 Å². The summed E-state index contributed by atoms with van der Waals surface area (Å²) in [6.45, 7) is 3.35. The molecular weight excluding hydrogens is 486 g/mol. The van der Waals surface area contributed by atoms with E-state index in [-0.39, 0.29) is 29.2 Å². The van der Waals surface area contributed by atoms with Crippen LogP contribution in [0.2, 0.25) is 0 Å². The molecule has 0 spiro atoms. The Labute approximate surface area is 207 Å². The second kappa shape index (κ2) is 9.09. The Morgan fingerprint density at radius 1 is 1.11 bits per heavy atom. The summed E-state index contributed by atoms with van der Waals surface area (Å²) < 4.78 is 54.1. The van der Waals surface area contributed by atoms with E-state index in [1.165, 1.54) is 6.07 Å². The van der Waals surface area contributed by atoms with Gasteiger partial charge in [0.15, 0.2) is 15.5 Å². The van der Waals surface area contributed by atoms with Crippen LogP contribution in [0.1, 0.15) is 39.6 Å². The number of fused-ring (bicyclic) bond motifs is 1. The summed E-state index contributed by atoms with van der Waals surface area (Å²) in [6, 6.07) is 12.4. The Morgan fingerprint density at radius 3 is 2.44 bits per heavy atom. The van der Waals surface area contributed by atoms with Crippen molar-refractivity contribution >= 4 is 26.8 Å². The van der Waals surface area contributed by atoms with E-state index in [4.69, 9.17) is 4.98 Å². The molecule has 2 aromatic carbocycles. The van der Waals surface area contributed by atoms with E-state index in [9.17, 15) is 22.0 Å². The van der Waals surface area contributed by atoms with Gasteiger partial charge in [-0.25, -0.2) is 26.9 Å². The predicted molar refractivity (Wildman–Crippen MR) is 132 cm³/mol. The molecular formula is C26H24F2N4O3S. The molecule has 3 heterocycles. The van der Waals surface area contributed by atoms with Crippen LogP contribution in [0.15, 0.2) is 48.5 Å². The smallest absolute Gasteiger partial charge is 0.252 e. The zero-order valence-electron chi connectivity index (χ0n) is 19.8.